The number of carbonyl (C=O) groups is 1. The molecule has 25 heavy (non-hydrogen) atoms. The smallest absolute Gasteiger partial charge is 0.416 e. The summed E-state index contributed by atoms with van der Waals surface area (Å²) in [5.74, 6) is -0.561. The molecule has 1 amide bonds. The van der Waals surface area contributed by atoms with Crippen molar-refractivity contribution in [3.8, 4) is 5.75 Å². The average Bonchev–Trinajstić information content (AvgIpc) is 2.53. The molecular formula is C17H12F5NO2. The maximum Gasteiger partial charge on any atom is 0.416 e. The van der Waals surface area contributed by atoms with Crippen LogP contribution in [0.3, 0.4) is 0 Å². The van der Waals surface area contributed by atoms with E-state index in [-0.39, 0.29) is 11.4 Å². The second-order valence-electron chi connectivity index (χ2n) is 4.85. The van der Waals surface area contributed by atoms with Gasteiger partial charge >= 0.3 is 12.8 Å². The van der Waals surface area contributed by atoms with Crippen LogP contribution in [0.5, 0.6) is 5.75 Å². The van der Waals surface area contributed by atoms with Crippen molar-refractivity contribution in [2.24, 2.45) is 0 Å². The monoisotopic (exact) mass is 357 g/mol. The fourth-order valence-corrected chi connectivity index (χ4v) is 1.86. The van der Waals surface area contributed by atoms with Gasteiger partial charge in [-0.25, -0.2) is 0 Å². The van der Waals surface area contributed by atoms with E-state index in [0.29, 0.717) is 5.56 Å². The first-order chi connectivity index (χ1) is 11.7. The van der Waals surface area contributed by atoms with Crippen molar-refractivity contribution < 1.29 is 31.5 Å². The van der Waals surface area contributed by atoms with Crippen LogP contribution in [0, 0.1) is 0 Å². The van der Waals surface area contributed by atoms with Gasteiger partial charge < -0.3 is 10.1 Å². The van der Waals surface area contributed by atoms with Gasteiger partial charge in [0.05, 0.1) is 5.56 Å². The van der Waals surface area contributed by atoms with Crippen LogP contribution in [0.15, 0.2) is 54.6 Å². The number of hydrogen-bond donors (Lipinski definition) is 1. The normalized spacial score (nSPS) is 11.8. The maximum absolute atomic E-state index is 12.4. The van der Waals surface area contributed by atoms with Gasteiger partial charge in [0, 0.05) is 11.8 Å². The van der Waals surface area contributed by atoms with Gasteiger partial charge in [0.1, 0.15) is 5.75 Å². The molecule has 132 valence electrons. The summed E-state index contributed by atoms with van der Waals surface area (Å²) in [5, 5.41) is 2.41. The van der Waals surface area contributed by atoms with E-state index in [9.17, 15) is 26.7 Å². The van der Waals surface area contributed by atoms with Crippen LogP contribution < -0.4 is 10.1 Å². The van der Waals surface area contributed by atoms with E-state index in [0.717, 1.165) is 24.3 Å². The highest BCUT2D eigenvalue weighted by Crippen LogP contribution is 2.29. The van der Waals surface area contributed by atoms with Gasteiger partial charge in [0.25, 0.3) is 0 Å². The van der Waals surface area contributed by atoms with E-state index in [1.807, 2.05) is 0 Å². The van der Waals surface area contributed by atoms with Crippen LogP contribution in [0.2, 0.25) is 0 Å². The van der Waals surface area contributed by atoms with E-state index >= 15 is 0 Å². The third-order valence-electron chi connectivity index (χ3n) is 3.01. The molecule has 0 atom stereocenters. The van der Waals surface area contributed by atoms with E-state index < -0.39 is 24.3 Å². The standard InChI is InChI=1S/C17H12F5NO2/c18-16(19)25-14-8-1-11(2-9-14)3-10-15(24)23-13-6-4-12(5-7-13)17(20,21)22/h1-10,16H,(H,23,24). The minimum Gasteiger partial charge on any atom is -0.435 e. The molecule has 1 N–H and O–H groups in total. The number of amides is 1. The van der Waals surface area contributed by atoms with Crippen molar-refractivity contribution >= 4 is 17.7 Å². The Hall–Kier alpha value is -2.90. The molecule has 0 unspecified atom stereocenters. The molecule has 2 aromatic carbocycles. The Labute approximate surface area is 139 Å². The lowest BCUT2D eigenvalue weighted by molar-refractivity contribution is -0.137. The highest BCUT2D eigenvalue weighted by atomic mass is 19.4. The van der Waals surface area contributed by atoms with Crippen molar-refractivity contribution in [3.05, 3.63) is 65.7 Å². The molecule has 2 aromatic rings. The first-order valence-corrected chi connectivity index (χ1v) is 6.95. The molecule has 8 heteroatoms. The van der Waals surface area contributed by atoms with Crippen molar-refractivity contribution in [1.82, 2.24) is 0 Å². The van der Waals surface area contributed by atoms with E-state index in [1.54, 1.807) is 0 Å². The van der Waals surface area contributed by atoms with Gasteiger partial charge in [0.2, 0.25) is 5.91 Å². The van der Waals surface area contributed by atoms with Gasteiger partial charge in [-0.15, -0.1) is 0 Å². The molecular weight excluding hydrogens is 345 g/mol. The molecule has 0 fully saturated rings. The van der Waals surface area contributed by atoms with Crippen LogP contribution in [-0.4, -0.2) is 12.5 Å². The molecule has 0 bridgehead atoms. The Balaban J connectivity index is 1.94. The van der Waals surface area contributed by atoms with Crippen LogP contribution >= 0.6 is 0 Å². The van der Waals surface area contributed by atoms with Gasteiger partial charge in [-0.3, -0.25) is 4.79 Å². The summed E-state index contributed by atoms with van der Waals surface area (Å²) < 4.78 is 65.6. The fraction of sp³-hybridized carbons (Fsp3) is 0.118. The number of nitrogens with one attached hydrogen (secondary N) is 1. The minimum atomic E-state index is -4.44. The number of anilines is 1. The Bertz CT molecular complexity index is 737. The third-order valence-corrected chi connectivity index (χ3v) is 3.01. The molecule has 0 aliphatic carbocycles. The lowest BCUT2D eigenvalue weighted by atomic mass is 10.2. The molecule has 0 aliphatic heterocycles. The average molecular weight is 357 g/mol. The summed E-state index contributed by atoms with van der Waals surface area (Å²) in [5.41, 5.74) is -0.0420. The van der Waals surface area contributed by atoms with E-state index in [1.165, 1.54) is 36.4 Å². The topological polar surface area (TPSA) is 38.3 Å². The molecule has 0 radical (unpaired) electrons. The highest BCUT2D eigenvalue weighted by molar-refractivity contribution is 6.01. The third kappa shape index (κ3) is 5.91. The van der Waals surface area contributed by atoms with Gasteiger partial charge in [-0.1, -0.05) is 12.1 Å². The zero-order chi connectivity index (χ0) is 18.4. The first kappa shape index (κ1) is 18.4. The largest absolute Gasteiger partial charge is 0.435 e. The Morgan fingerprint density at radius 1 is 1.00 bits per heavy atom. The van der Waals surface area contributed by atoms with Crippen LogP contribution in [-0.2, 0) is 11.0 Å². The number of alkyl halides is 5. The Morgan fingerprint density at radius 3 is 2.12 bits per heavy atom. The summed E-state index contributed by atoms with van der Waals surface area (Å²) in [6.07, 6.45) is -1.85. The predicted octanol–water partition coefficient (Wildman–Crippen LogP) is 4.96. The lowest BCUT2D eigenvalue weighted by Crippen LogP contribution is -2.09. The van der Waals surface area contributed by atoms with Crippen LogP contribution in [0.4, 0.5) is 27.6 Å². The van der Waals surface area contributed by atoms with Crippen LogP contribution in [0.1, 0.15) is 11.1 Å². The SMILES string of the molecule is O=C(C=Cc1ccc(OC(F)F)cc1)Nc1ccc(C(F)(F)F)cc1. The zero-order valence-corrected chi connectivity index (χ0v) is 12.6. The molecule has 0 heterocycles. The summed E-state index contributed by atoms with van der Waals surface area (Å²) in [4.78, 5) is 11.7. The molecule has 0 aliphatic rings. The van der Waals surface area contributed by atoms with Crippen LogP contribution in [0.25, 0.3) is 6.08 Å². The van der Waals surface area contributed by atoms with Crippen molar-refractivity contribution in [2.75, 3.05) is 5.32 Å². The second kappa shape index (κ2) is 7.78. The van der Waals surface area contributed by atoms with Gasteiger partial charge in [-0.05, 0) is 48.0 Å². The van der Waals surface area contributed by atoms with Gasteiger partial charge in [-0.2, -0.15) is 22.0 Å². The van der Waals surface area contributed by atoms with E-state index in [4.69, 9.17) is 0 Å². The number of halogens is 5. The molecule has 2 rings (SSSR count). The fourth-order valence-electron chi connectivity index (χ4n) is 1.86. The number of hydrogen-bond acceptors (Lipinski definition) is 2. The van der Waals surface area contributed by atoms with Crippen molar-refractivity contribution in [2.45, 2.75) is 12.8 Å². The second-order valence-corrected chi connectivity index (χ2v) is 4.85. The first-order valence-electron chi connectivity index (χ1n) is 6.95. The Kier molecular flexibility index (Phi) is 5.74. The highest BCUT2D eigenvalue weighted by Gasteiger charge is 2.29. The number of carbonyl (C=O) groups excluding carboxylic acids is 1. The molecule has 0 saturated carbocycles. The molecule has 3 nitrogen and oxygen atoms in total. The van der Waals surface area contributed by atoms with Crippen molar-refractivity contribution in [1.29, 1.82) is 0 Å². The number of rotatable bonds is 5. The van der Waals surface area contributed by atoms with E-state index in [2.05, 4.69) is 10.1 Å². The van der Waals surface area contributed by atoms with Crippen molar-refractivity contribution in [3.63, 3.8) is 0 Å². The summed E-state index contributed by atoms with van der Waals surface area (Å²) >= 11 is 0. The molecule has 0 aromatic heterocycles. The lowest BCUT2D eigenvalue weighted by Gasteiger charge is -2.07. The quantitative estimate of drug-likeness (QED) is 0.607. The maximum atomic E-state index is 12.4. The number of ether oxygens (including phenoxy) is 1. The molecule has 0 spiro atoms. The predicted molar refractivity (Wildman–Crippen MR) is 82.2 cm³/mol. The summed E-state index contributed by atoms with van der Waals surface area (Å²) in [6, 6.07) is 9.59. The zero-order valence-electron chi connectivity index (χ0n) is 12.6. The summed E-state index contributed by atoms with van der Waals surface area (Å²) in [7, 11) is 0. The molecule has 0 saturated heterocycles. The summed E-state index contributed by atoms with van der Waals surface area (Å²) in [6.45, 7) is -2.92. The Morgan fingerprint density at radius 2 is 1.60 bits per heavy atom. The number of benzene rings is 2. The van der Waals surface area contributed by atoms with Gasteiger partial charge in [0.15, 0.2) is 0 Å². The minimum absolute atomic E-state index is 0.0126.